The predicted octanol–water partition coefficient (Wildman–Crippen LogP) is 2.59. The number of nitrogens with zero attached hydrogens (tertiary/aromatic N) is 1. The van der Waals surface area contributed by atoms with Crippen molar-refractivity contribution in [3.8, 4) is 0 Å². The highest BCUT2D eigenvalue weighted by Gasteiger charge is 2.21. The second-order valence-electron chi connectivity index (χ2n) is 5.97. The average Bonchev–Trinajstić information content (AvgIpc) is 2.73. The first-order valence-corrected chi connectivity index (χ1v) is 7.27. The summed E-state index contributed by atoms with van der Waals surface area (Å²) in [5.41, 5.74) is 6.08. The molecule has 0 radical (unpaired) electrons. The van der Waals surface area contributed by atoms with E-state index >= 15 is 0 Å². The van der Waals surface area contributed by atoms with Crippen molar-refractivity contribution in [1.29, 1.82) is 0 Å². The maximum Gasteiger partial charge on any atom is 0.0238 e. The Bertz CT molecular complexity index is 406. The molecule has 2 heteroatoms. The van der Waals surface area contributed by atoms with E-state index in [4.69, 9.17) is 0 Å². The molecule has 2 fully saturated rings. The van der Waals surface area contributed by atoms with Gasteiger partial charge >= 0.3 is 0 Å². The molecular weight excluding hydrogens is 220 g/mol. The van der Waals surface area contributed by atoms with E-state index in [1.54, 1.807) is 5.56 Å². The third-order valence-corrected chi connectivity index (χ3v) is 4.55. The van der Waals surface area contributed by atoms with Crippen LogP contribution >= 0.6 is 0 Å². The van der Waals surface area contributed by atoms with E-state index in [9.17, 15) is 0 Å². The Kier molecular flexibility index (Phi) is 3.40. The molecule has 1 aromatic rings. The second kappa shape index (κ2) is 5.02. The number of hydrogen-bond donors (Lipinski definition) is 1. The highest BCUT2D eigenvalue weighted by atomic mass is 15.1. The molecular formula is C16H24N2. The van der Waals surface area contributed by atoms with Crippen LogP contribution in [0.5, 0.6) is 0 Å². The largest absolute Gasteiger partial charge is 0.315 e. The summed E-state index contributed by atoms with van der Waals surface area (Å²) in [5.74, 6) is 0.753. The molecule has 0 bridgehead atoms. The van der Waals surface area contributed by atoms with Crippen LogP contribution in [0.4, 0.5) is 0 Å². The Morgan fingerprint density at radius 2 is 1.72 bits per heavy atom. The van der Waals surface area contributed by atoms with E-state index in [2.05, 4.69) is 36.2 Å². The van der Waals surface area contributed by atoms with Crippen LogP contribution in [0.25, 0.3) is 0 Å². The zero-order valence-corrected chi connectivity index (χ0v) is 11.6. The van der Waals surface area contributed by atoms with E-state index < -0.39 is 0 Å². The van der Waals surface area contributed by atoms with Crippen LogP contribution in [-0.2, 0) is 6.54 Å². The Balaban J connectivity index is 1.80. The van der Waals surface area contributed by atoms with Crippen molar-refractivity contribution in [2.24, 2.45) is 0 Å². The van der Waals surface area contributed by atoms with E-state index in [0.29, 0.717) is 0 Å². The molecule has 98 valence electrons. The van der Waals surface area contributed by atoms with Crippen molar-refractivity contribution in [2.45, 2.75) is 39.2 Å². The molecule has 2 aliphatic heterocycles. The Morgan fingerprint density at radius 3 is 2.22 bits per heavy atom. The number of likely N-dealkylation sites (tertiary alicyclic amines) is 1. The summed E-state index contributed by atoms with van der Waals surface area (Å²) in [5, 5.41) is 3.36. The summed E-state index contributed by atoms with van der Waals surface area (Å²) in [6.07, 6.45) is 2.76. The van der Waals surface area contributed by atoms with Gasteiger partial charge in [0.1, 0.15) is 0 Å². The molecule has 18 heavy (non-hydrogen) atoms. The number of rotatable bonds is 3. The maximum atomic E-state index is 3.36. The van der Waals surface area contributed by atoms with Gasteiger partial charge in [-0.2, -0.15) is 0 Å². The minimum Gasteiger partial charge on any atom is -0.315 e. The lowest BCUT2D eigenvalue weighted by Crippen LogP contribution is -2.40. The van der Waals surface area contributed by atoms with Gasteiger partial charge in [-0.05, 0) is 62.0 Å². The summed E-state index contributed by atoms with van der Waals surface area (Å²) in [6, 6.07) is 4.84. The number of hydrogen-bond acceptors (Lipinski definition) is 2. The monoisotopic (exact) mass is 244 g/mol. The van der Waals surface area contributed by atoms with Crippen molar-refractivity contribution in [3.05, 3.63) is 34.4 Å². The Labute approximate surface area is 110 Å². The van der Waals surface area contributed by atoms with Gasteiger partial charge in [-0.3, -0.25) is 4.90 Å². The molecule has 0 spiro atoms. The van der Waals surface area contributed by atoms with Gasteiger partial charge in [0.15, 0.2) is 0 Å². The van der Waals surface area contributed by atoms with Crippen LogP contribution in [0.3, 0.4) is 0 Å². The molecule has 0 aromatic heterocycles. The van der Waals surface area contributed by atoms with Crippen LogP contribution in [0.1, 0.15) is 41.0 Å². The first kappa shape index (κ1) is 12.2. The highest BCUT2D eigenvalue weighted by Crippen LogP contribution is 2.26. The maximum absolute atomic E-state index is 3.36. The van der Waals surface area contributed by atoms with Gasteiger partial charge in [0.25, 0.3) is 0 Å². The second-order valence-corrected chi connectivity index (χ2v) is 5.97. The average molecular weight is 244 g/mol. The molecule has 2 nitrogen and oxygen atoms in total. The van der Waals surface area contributed by atoms with Gasteiger partial charge in [0.05, 0.1) is 0 Å². The van der Waals surface area contributed by atoms with E-state index in [-0.39, 0.29) is 0 Å². The molecule has 2 aliphatic rings. The smallest absolute Gasteiger partial charge is 0.0238 e. The Hall–Kier alpha value is -0.860. The number of aryl methyl sites for hydroxylation is 2. The standard InChI is InChI=1S/C16H24N2/c1-12-7-14(15-9-17-10-15)8-13(2)16(12)11-18-5-3-4-6-18/h7-8,15,17H,3-6,9-11H2,1-2H3. The lowest BCUT2D eigenvalue weighted by molar-refractivity contribution is 0.330. The van der Waals surface area contributed by atoms with Crippen molar-refractivity contribution >= 4 is 0 Å². The third kappa shape index (κ3) is 2.32. The summed E-state index contributed by atoms with van der Waals surface area (Å²) in [4.78, 5) is 2.60. The summed E-state index contributed by atoms with van der Waals surface area (Å²) < 4.78 is 0. The molecule has 1 N–H and O–H groups in total. The fourth-order valence-corrected chi connectivity index (χ4v) is 3.20. The van der Waals surface area contributed by atoms with E-state index in [1.165, 1.54) is 42.6 Å². The van der Waals surface area contributed by atoms with Gasteiger partial charge in [-0.1, -0.05) is 12.1 Å². The van der Waals surface area contributed by atoms with Crippen molar-refractivity contribution in [3.63, 3.8) is 0 Å². The predicted molar refractivity (Wildman–Crippen MR) is 76.0 cm³/mol. The first-order chi connectivity index (χ1) is 8.74. The normalized spacial score (nSPS) is 21.2. The number of nitrogens with one attached hydrogen (secondary N) is 1. The quantitative estimate of drug-likeness (QED) is 0.879. The molecule has 0 unspecified atom stereocenters. The summed E-state index contributed by atoms with van der Waals surface area (Å²) in [6.45, 7) is 10.6. The molecule has 0 atom stereocenters. The molecule has 1 aromatic carbocycles. The van der Waals surface area contributed by atoms with Crippen LogP contribution < -0.4 is 5.32 Å². The molecule has 2 saturated heterocycles. The molecule has 3 rings (SSSR count). The van der Waals surface area contributed by atoms with Gasteiger partial charge in [0.2, 0.25) is 0 Å². The van der Waals surface area contributed by atoms with Gasteiger partial charge in [-0.15, -0.1) is 0 Å². The van der Waals surface area contributed by atoms with Gasteiger partial charge in [-0.25, -0.2) is 0 Å². The lowest BCUT2D eigenvalue weighted by Gasteiger charge is -2.29. The van der Waals surface area contributed by atoms with Crippen molar-refractivity contribution < 1.29 is 0 Å². The van der Waals surface area contributed by atoms with Crippen LogP contribution in [0.2, 0.25) is 0 Å². The first-order valence-electron chi connectivity index (χ1n) is 7.27. The zero-order valence-electron chi connectivity index (χ0n) is 11.6. The number of benzene rings is 1. The Morgan fingerprint density at radius 1 is 1.11 bits per heavy atom. The van der Waals surface area contributed by atoms with Gasteiger partial charge in [0, 0.05) is 25.6 Å². The SMILES string of the molecule is Cc1cc(C2CNC2)cc(C)c1CN1CCCC1. The van der Waals surface area contributed by atoms with E-state index in [1.807, 2.05) is 0 Å². The summed E-state index contributed by atoms with van der Waals surface area (Å²) >= 11 is 0. The molecule has 2 heterocycles. The minimum absolute atomic E-state index is 0.753. The van der Waals surface area contributed by atoms with Gasteiger partial charge < -0.3 is 5.32 Å². The van der Waals surface area contributed by atoms with Crippen molar-refractivity contribution in [2.75, 3.05) is 26.2 Å². The van der Waals surface area contributed by atoms with Crippen LogP contribution in [0, 0.1) is 13.8 Å². The van der Waals surface area contributed by atoms with Crippen molar-refractivity contribution in [1.82, 2.24) is 10.2 Å². The molecule has 0 aliphatic carbocycles. The van der Waals surface area contributed by atoms with Crippen LogP contribution in [0.15, 0.2) is 12.1 Å². The van der Waals surface area contributed by atoms with E-state index in [0.717, 1.165) is 25.6 Å². The summed E-state index contributed by atoms with van der Waals surface area (Å²) in [7, 11) is 0. The molecule has 0 amide bonds. The zero-order chi connectivity index (χ0) is 12.5. The highest BCUT2D eigenvalue weighted by molar-refractivity contribution is 5.40. The topological polar surface area (TPSA) is 15.3 Å². The van der Waals surface area contributed by atoms with Crippen LogP contribution in [-0.4, -0.2) is 31.1 Å². The third-order valence-electron chi connectivity index (χ3n) is 4.55. The molecule has 0 saturated carbocycles. The minimum atomic E-state index is 0.753. The fourth-order valence-electron chi connectivity index (χ4n) is 3.20. The lowest BCUT2D eigenvalue weighted by atomic mass is 9.89. The fraction of sp³-hybridized carbons (Fsp3) is 0.625.